The van der Waals surface area contributed by atoms with E-state index in [2.05, 4.69) is 0 Å². The van der Waals surface area contributed by atoms with E-state index in [0.29, 0.717) is 0 Å². The highest BCUT2D eigenvalue weighted by atomic mass is 32.2. The van der Waals surface area contributed by atoms with Gasteiger partial charge in [-0.2, -0.15) is 13.2 Å². The van der Waals surface area contributed by atoms with Crippen molar-refractivity contribution in [3.8, 4) is 0 Å². The SMILES string of the molecule is CC(C)C(C(=O)O)S(=O)CC(F)(F)F. The predicted octanol–water partition coefficient (Wildman–Crippen LogP) is 1.41. The Labute approximate surface area is 81.8 Å². The molecule has 14 heavy (non-hydrogen) atoms. The van der Waals surface area contributed by atoms with Crippen LogP contribution in [0.2, 0.25) is 0 Å². The zero-order valence-corrected chi connectivity index (χ0v) is 8.48. The summed E-state index contributed by atoms with van der Waals surface area (Å²) in [7, 11) is -2.41. The van der Waals surface area contributed by atoms with Gasteiger partial charge in [-0.1, -0.05) is 13.8 Å². The van der Waals surface area contributed by atoms with Gasteiger partial charge in [-0.25, -0.2) is 0 Å². The van der Waals surface area contributed by atoms with E-state index in [4.69, 9.17) is 5.11 Å². The van der Waals surface area contributed by atoms with Gasteiger partial charge in [0, 0.05) is 10.8 Å². The van der Waals surface area contributed by atoms with Crippen molar-refractivity contribution in [1.29, 1.82) is 0 Å². The van der Waals surface area contributed by atoms with Crippen molar-refractivity contribution in [3.05, 3.63) is 0 Å². The summed E-state index contributed by atoms with van der Waals surface area (Å²) < 4.78 is 46.5. The molecule has 7 heteroatoms. The fraction of sp³-hybridized carbons (Fsp3) is 0.857. The Kier molecular flexibility index (Phi) is 4.57. The van der Waals surface area contributed by atoms with Crippen LogP contribution in [-0.4, -0.2) is 32.5 Å². The van der Waals surface area contributed by atoms with Crippen molar-refractivity contribution >= 4 is 16.8 Å². The van der Waals surface area contributed by atoms with E-state index in [0.717, 1.165) is 0 Å². The van der Waals surface area contributed by atoms with Gasteiger partial charge in [-0.15, -0.1) is 0 Å². The maximum absolute atomic E-state index is 11.8. The number of aliphatic carboxylic acids is 1. The molecule has 0 aliphatic carbocycles. The van der Waals surface area contributed by atoms with E-state index < -0.39 is 39.9 Å². The van der Waals surface area contributed by atoms with Crippen molar-refractivity contribution in [2.45, 2.75) is 25.3 Å². The molecule has 0 aliphatic heterocycles. The van der Waals surface area contributed by atoms with E-state index in [1.807, 2.05) is 0 Å². The molecule has 0 radical (unpaired) electrons. The Morgan fingerprint density at radius 1 is 1.43 bits per heavy atom. The van der Waals surface area contributed by atoms with Crippen molar-refractivity contribution in [1.82, 2.24) is 0 Å². The lowest BCUT2D eigenvalue weighted by atomic mass is 10.1. The minimum Gasteiger partial charge on any atom is -0.480 e. The largest absolute Gasteiger partial charge is 0.480 e. The Morgan fingerprint density at radius 3 is 2.07 bits per heavy atom. The lowest BCUT2D eigenvalue weighted by Gasteiger charge is -2.16. The summed E-state index contributed by atoms with van der Waals surface area (Å²) in [6.45, 7) is 2.85. The Bertz CT molecular complexity index is 237. The number of hydrogen-bond acceptors (Lipinski definition) is 2. The van der Waals surface area contributed by atoms with Crippen LogP contribution in [0.15, 0.2) is 0 Å². The quantitative estimate of drug-likeness (QED) is 0.797. The molecule has 0 aromatic rings. The lowest BCUT2D eigenvalue weighted by molar-refractivity contribution is -0.137. The molecule has 0 saturated heterocycles. The molecule has 2 unspecified atom stereocenters. The van der Waals surface area contributed by atoms with Gasteiger partial charge in [0.1, 0.15) is 11.0 Å². The summed E-state index contributed by atoms with van der Waals surface area (Å²) in [5, 5.41) is 7.09. The van der Waals surface area contributed by atoms with Crippen molar-refractivity contribution in [3.63, 3.8) is 0 Å². The molecule has 0 saturated carbocycles. The minimum absolute atomic E-state index is 0.587. The van der Waals surface area contributed by atoms with Crippen LogP contribution in [0, 0.1) is 5.92 Å². The standard InChI is InChI=1S/C7H11F3O3S/c1-4(2)5(6(11)12)14(13)3-7(8,9)10/h4-5H,3H2,1-2H3,(H,11,12). The molecule has 0 rings (SSSR count). The number of halogens is 3. The van der Waals surface area contributed by atoms with E-state index in [1.54, 1.807) is 0 Å². The summed E-state index contributed by atoms with van der Waals surface area (Å²) in [6, 6.07) is 0. The highest BCUT2D eigenvalue weighted by molar-refractivity contribution is 7.86. The summed E-state index contributed by atoms with van der Waals surface area (Å²) in [5.74, 6) is -3.61. The molecular weight excluding hydrogens is 221 g/mol. The number of hydrogen-bond donors (Lipinski definition) is 1. The first-order chi connectivity index (χ1) is 6.15. The third kappa shape index (κ3) is 4.59. The van der Waals surface area contributed by atoms with Crippen LogP contribution in [0.5, 0.6) is 0 Å². The van der Waals surface area contributed by atoms with Crippen molar-refractivity contribution in [2.75, 3.05) is 5.75 Å². The number of carboxylic acids is 1. The van der Waals surface area contributed by atoms with Crippen LogP contribution >= 0.6 is 0 Å². The maximum atomic E-state index is 11.8. The number of carbonyl (C=O) groups is 1. The van der Waals surface area contributed by atoms with Gasteiger partial charge in [0.15, 0.2) is 0 Å². The number of rotatable bonds is 4. The molecule has 0 heterocycles. The lowest BCUT2D eigenvalue weighted by Crippen LogP contribution is -2.35. The van der Waals surface area contributed by atoms with Gasteiger partial charge in [0.25, 0.3) is 0 Å². The van der Waals surface area contributed by atoms with Gasteiger partial charge in [0.05, 0.1) is 0 Å². The number of alkyl halides is 3. The molecule has 0 fully saturated rings. The van der Waals surface area contributed by atoms with E-state index >= 15 is 0 Å². The highest BCUT2D eigenvalue weighted by Gasteiger charge is 2.37. The predicted molar refractivity (Wildman–Crippen MR) is 45.3 cm³/mol. The monoisotopic (exact) mass is 232 g/mol. The molecule has 0 aromatic heterocycles. The first-order valence-corrected chi connectivity index (χ1v) is 5.20. The fourth-order valence-electron chi connectivity index (χ4n) is 0.952. The van der Waals surface area contributed by atoms with Gasteiger partial charge >= 0.3 is 12.1 Å². The summed E-state index contributed by atoms with van der Waals surface area (Å²) in [4.78, 5) is 10.5. The molecule has 0 aromatic carbocycles. The maximum Gasteiger partial charge on any atom is 0.400 e. The van der Waals surface area contributed by atoms with Crippen LogP contribution in [0.3, 0.4) is 0 Å². The molecule has 84 valence electrons. The Hall–Kier alpha value is -0.590. The molecule has 0 spiro atoms. The van der Waals surface area contributed by atoms with Crippen molar-refractivity contribution in [2.24, 2.45) is 5.92 Å². The topological polar surface area (TPSA) is 54.4 Å². The summed E-state index contributed by atoms with van der Waals surface area (Å²) >= 11 is 0. The molecule has 3 nitrogen and oxygen atoms in total. The van der Waals surface area contributed by atoms with Crippen LogP contribution in [0.1, 0.15) is 13.8 Å². The Morgan fingerprint density at radius 2 is 1.86 bits per heavy atom. The minimum atomic E-state index is -4.59. The first-order valence-electron chi connectivity index (χ1n) is 3.82. The van der Waals surface area contributed by atoms with Gasteiger partial charge in [-0.3, -0.25) is 9.00 Å². The third-order valence-corrected chi connectivity index (χ3v) is 3.36. The average Bonchev–Trinajstić information content (AvgIpc) is 1.78. The molecule has 2 atom stereocenters. The second-order valence-corrected chi connectivity index (χ2v) is 4.70. The molecule has 1 N–H and O–H groups in total. The van der Waals surface area contributed by atoms with Crippen LogP contribution in [-0.2, 0) is 15.6 Å². The highest BCUT2D eigenvalue weighted by Crippen LogP contribution is 2.20. The fourth-order valence-corrected chi connectivity index (χ4v) is 2.29. The van der Waals surface area contributed by atoms with Gasteiger partial charge in [0.2, 0.25) is 0 Å². The Balaban J connectivity index is 4.55. The zero-order chi connectivity index (χ0) is 11.5. The second kappa shape index (κ2) is 4.77. The molecule has 0 bridgehead atoms. The molecule has 0 aliphatic rings. The van der Waals surface area contributed by atoms with E-state index in [-0.39, 0.29) is 0 Å². The number of carboxylic acid groups (broad SMARTS) is 1. The van der Waals surface area contributed by atoms with Gasteiger partial charge < -0.3 is 5.11 Å². The van der Waals surface area contributed by atoms with Crippen LogP contribution in [0.25, 0.3) is 0 Å². The summed E-state index contributed by atoms with van der Waals surface area (Å²) in [5.41, 5.74) is 0. The van der Waals surface area contributed by atoms with E-state index in [9.17, 15) is 22.2 Å². The van der Waals surface area contributed by atoms with E-state index in [1.165, 1.54) is 13.8 Å². The van der Waals surface area contributed by atoms with Crippen molar-refractivity contribution < 1.29 is 27.3 Å². The summed E-state index contributed by atoms with van der Waals surface area (Å²) in [6.07, 6.45) is -4.59. The van der Waals surface area contributed by atoms with Gasteiger partial charge in [-0.05, 0) is 5.92 Å². The van der Waals surface area contributed by atoms with Crippen LogP contribution in [0.4, 0.5) is 13.2 Å². The van der Waals surface area contributed by atoms with Crippen LogP contribution < -0.4 is 0 Å². The molecule has 0 amide bonds. The normalized spacial score (nSPS) is 16.7. The zero-order valence-electron chi connectivity index (χ0n) is 7.67. The average molecular weight is 232 g/mol. The molecular formula is C7H11F3O3S. The second-order valence-electron chi connectivity index (χ2n) is 3.14. The first kappa shape index (κ1) is 13.4. The smallest absolute Gasteiger partial charge is 0.400 e. The third-order valence-electron chi connectivity index (χ3n) is 1.44.